The minimum atomic E-state index is -0.294. The van der Waals surface area contributed by atoms with Crippen molar-refractivity contribution in [3.63, 3.8) is 0 Å². The van der Waals surface area contributed by atoms with E-state index in [1.807, 2.05) is 6.07 Å². The van der Waals surface area contributed by atoms with Crippen molar-refractivity contribution in [3.8, 4) is 0 Å². The lowest BCUT2D eigenvalue weighted by atomic mass is 10.1. The predicted molar refractivity (Wildman–Crippen MR) is 84.5 cm³/mol. The Morgan fingerprint density at radius 3 is 2.83 bits per heavy atom. The van der Waals surface area contributed by atoms with Crippen LogP contribution in [-0.4, -0.2) is 34.0 Å². The van der Waals surface area contributed by atoms with Crippen LogP contribution in [0.3, 0.4) is 0 Å². The molecule has 1 heterocycles. The third-order valence-electron chi connectivity index (χ3n) is 3.10. The molecule has 0 radical (unpaired) electrons. The molecule has 0 unspecified atom stereocenters. The highest BCUT2D eigenvalue weighted by Gasteiger charge is 2.13. The van der Waals surface area contributed by atoms with Crippen molar-refractivity contribution < 1.29 is 14.0 Å². The molecular formula is C16H18N4O3. The highest BCUT2D eigenvalue weighted by Crippen LogP contribution is 2.12. The molecule has 120 valence electrons. The molecule has 0 aliphatic heterocycles. The van der Waals surface area contributed by atoms with E-state index in [1.165, 1.54) is 11.0 Å². The molecule has 7 heteroatoms. The molecule has 2 amide bonds. The molecule has 1 aromatic heterocycles. The highest BCUT2D eigenvalue weighted by atomic mass is 16.4. The Morgan fingerprint density at radius 2 is 2.17 bits per heavy atom. The van der Waals surface area contributed by atoms with Crippen molar-refractivity contribution in [2.45, 2.75) is 19.9 Å². The molecule has 1 aromatic carbocycles. The molecule has 23 heavy (non-hydrogen) atoms. The van der Waals surface area contributed by atoms with Gasteiger partial charge in [-0.25, -0.2) is 0 Å². The van der Waals surface area contributed by atoms with Crippen molar-refractivity contribution in [1.82, 2.24) is 15.1 Å². The van der Waals surface area contributed by atoms with E-state index in [4.69, 9.17) is 4.42 Å². The van der Waals surface area contributed by atoms with Crippen LogP contribution in [-0.2, 0) is 22.6 Å². The second-order valence-electron chi connectivity index (χ2n) is 5.04. The first kappa shape index (κ1) is 16.4. The third-order valence-corrected chi connectivity index (χ3v) is 3.10. The molecule has 0 atom stereocenters. The molecule has 0 saturated heterocycles. The van der Waals surface area contributed by atoms with Crippen LogP contribution in [0.5, 0.6) is 0 Å². The van der Waals surface area contributed by atoms with E-state index in [9.17, 15) is 9.59 Å². The van der Waals surface area contributed by atoms with Gasteiger partial charge < -0.3 is 14.6 Å². The van der Waals surface area contributed by atoms with Crippen molar-refractivity contribution in [3.05, 3.63) is 54.3 Å². The van der Waals surface area contributed by atoms with Gasteiger partial charge in [-0.15, -0.1) is 10.2 Å². The molecule has 2 rings (SSSR count). The number of likely N-dealkylation sites (N-methyl/N-ethyl adjacent to an activating group) is 1. The molecule has 1 N–H and O–H groups in total. The average Bonchev–Trinajstić information content (AvgIpc) is 2.92. The van der Waals surface area contributed by atoms with E-state index >= 15 is 0 Å². The Balaban J connectivity index is 1.97. The van der Waals surface area contributed by atoms with Gasteiger partial charge >= 0.3 is 0 Å². The minimum Gasteiger partial charge on any atom is -0.424 e. The Bertz CT molecular complexity index is 724. The SMILES string of the molecule is C=CC(=O)Nc1cccc(CC(=O)N(C)Cc2nnc(C)o2)c1. The Morgan fingerprint density at radius 1 is 1.39 bits per heavy atom. The fourth-order valence-corrected chi connectivity index (χ4v) is 1.95. The topological polar surface area (TPSA) is 88.3 Å². The monoisotopic (exact) mass is 314 g/mol. The van der Waals surface area contributed by atoms with Crippen molar-refractivity contribution in [2.24, 2.45) is 0 Å². The first-order chi connectivity index (χ1) is 11.0. The summed E-state index contributed by atoms with van der Waals surface area (Å²) in [4.78, 5) is 25.1. The lowest BCUT2D eigenvalue weighted by Gasteiger charge is -2.15. The van der Waals surface area contributed by atoms with Gasteiger partial charge in [-0.2, -0.15) is 0 Å². The van der Waals surface area contributed by atoms with Crippen molar-refractivity contribution >= 4 is 17.5 Å². The largest absolute Gasteiger partial charge is 0.424 e. The zero-order valence-corrected chi connectivity index (χ0v) is 13.1. The van der Waals surface area contributed by atoms with Crippen LogP contribution in [0.4, 0.5) is 5.69 Å². The standard InChI is InChI=1S/C16H18N4O3/c1-4-14(21)17-13-7-5-6-12(8-13)9-16(22)20(3)10-15-19-18-11(2)23-15/h4-8H,1,9-10H2,2-3H3,(H,17,21). The predicted octanol–water partition coefficient (Wildman–Crippen LogP) is 1.70. The van der Waals surface area contributed by atoms with Gasteiger partial charge in [0.05, 0.1) is 13.0 Å². The lowest BCUT2D eigenvalue weighted by molar-refractivity contribution is -0.130. The maximum atomic E-state index is 12.2. The summed E-state index contributed by atoms with van der Waals surface area (Å²) in [7, 11) is 1.67. The number of nitrogens with zero attached hydrogens (tertiary/aromatic N) is 3. The van der Waals surface area contributed by atoms with Crippen LogP contribution in [0.1, 0.15) is 17.3 Å². The van der Waals surface area contributed by atoms with Crippen molar-refractivity contribution in [2.75, 3.05) is 12.4 Å². The first-order valence-electron chi connectivity index (χ1n) is 7.03. The number of nitrogens with one attached hydrogen (secondary N) is 1. The number of carbonyl (C=O) groups excluding carboxylic acids is 2. The number of hydrogen-bond acceptors (Lipinski definition) is 5. The van der Waals surface area contributed by atoms with E-state index < -0.39 is 0 Å². The van der Waals surface area contributed by atoms with Gasteiger partial charge in [0.15, 0.2) is 0 Å². The number of amides is 2. The molecule has 0 fully saturated rings. The summed E-state index contributed by atoms with van der Waals surface area (Å²) in [6, 6.07) is 7.11. The fraction of sp³-hybridized carbons (Fsp3) is 0.250. The van der Waals surface area contributed by atoms with Crippen LogP contribution in [0.25, 0.3) is 0 Å². The molecule has 0 saturated carbocycles. The number of anilines is 1. The van der Waals surface area contributed by atoms with Gasteiger partial charge in [-0.1, -0.05) is 18.7 Å². The maximum absolute atomic E-state index is 12.2. The van der Waals surface area contributed by atoms with Gasteiger partial charge in [0, 0.05) is 19.7 Å². The van der Waals surface area contributed by atoms with Crippen LogP contribution >= 0.6 is 0 Å². The third kappa shape index (κ3) is 4.77. The summed E-state index contributed by atoms with van der Waals surface area (Å²) in [6.45, 7) is 5.35. The molecular weight excluding hydrogens is 296 g/mol. The van der Waals surface area contributed by atoms with E-state index in [2.05, 4.69) is 22.1 Å². The summed E-state index contributed by atoms with van der Waals surface area (Å²) < 4.78 is 5.26. The smallest absolute Gasteiger partial charge is 0.247 e. The van der Waals surface area contributed by atoms with Crippen LogP contribution < -0.4 is 5.32 Å². The number of benzene rings is 1. The second-order valence-corrected chi connectivity index (χ2v) is 5.04. The number of rotatable bonds is 6. The van der Waals surface area contributed by atoms with E-state index in [0.717, 1.165) is 5.56 Å². The summed E-state index contributed by atoms with van der Waals surface area (Å²) in [5.74, 6) is 0.474. The molecule has 0 aliphatic rings. The summed E-state index contributed by atoms with van der Waals surface area (Å²) in [6.07, 6.45) is 1.40. The van der Waals surface area contributed by atoms with E-state index in [-0.39, 0.29) is 24.8 Å². The van der Waals surface area contributed by atoms with Gasteiger partial charge in [0.25, 0.3) is 0 Å². The highest BCUT2D eigenvalue weighted by molar-refractivity contribution is 5.98. The van der Waals surface area contributed by atoms with Crippen LogP contribution in [0, 0.1) is 6.92 Å². The maximum Gasteiger partial charge on any atom is 0.247 e. The Labute approximate surface area is 134 Å². The molecule has 0 bridgehead atoms. The summed E-state index contributed by atoms with van der Waals surface area (Å²) in [5.41, 5.74) is 1.42. The Kier molecular flexibility index (Phi) is 5.24. The normalized spacial score (nSPS) is 10.2. The van der Waals surface area contributed by atoms with Gasteiger partial charge in [0.2, 0.25) is 23.6 Å². The first-order valence-corrected chi connectivity index (χ1v) is 7.03. The number of aryl methyl sites for hydroxylation is 1. The van der Waals surface area contributed by atoms with Gasteiger partial charge in [0.1, 0.15) is 0 Å². The minimum absolute atomic E-state index is 0.0898. The van der Waals surface area contributed by atoms with Gasteiger partial charge in [-0.05, 0) is 23.8 Å². The van der Waals surface area contributed by atoms with Crippen LogP contribution in [0.2, 0.25) is 0 Å². The van der Waals surface area contributed by atoms with Gasteiger partial charge in [-0.3, -0.25) is 9.59 Å². The van der Waals surface area contributed by atoms with E-state index in [1.54, 1.807) is 32.2 Å². The zero-order chi connectivity index (χ0) is 16.8. The van der Waals surface area contributed by atoms with Crippen LogP contribution in [0.15, 0.2) is 41.3 Å². The number of hydrogen-bond donors (Lipinski definition) is 1. The summed E-state index contributed by atoms with van der Waals surface area (Å²) >= 11 is 0. The fourth-order valence-electron chi connectivity index (χ4n) is 1.95. The lowest BCUT2D eigenvalue weighted by Crippen LogP contribution is -2.27. The molecule has 0 spiro atoms. The van der Waals surface area contributed by atoms with E-state index in [0.29, 0.717) is 17.5 Å². The molecule has 0 aliphatic carbocycles. The number of aromatic nitrogens is 2. The zero-order valence-electron chi connectivity index (χ0n) is 13.1. The quantitative estimate of drug-likeness (QED) is 0.820. The summed E-state index contributed by atoms with van der Waals surface area (Å²) in [5, 5.41) is 10.3. The average molecular weight is 314 g/mol. The number of carbonyl (C=O) groups is 2. The molecule has 7 nitrogen and oxygen atoms in total. The van der Waals surface area contributed by atoms with Crippen molar-refractivity contribution in [1.29, 1.82) is 0 Å². The second kappa shape index (κ2) is 7.35. The Hall–Kier alpha value is -2.96. The molecule has 2 aromatic rings.